The van der Waals surface area contributed by atoms with Gasteiger partial charge in [0.1, 0.15) is 0 Å². The quantitative estimate of drug-likeness (QED) is 0.699. The molecule has 3 heterocycles. The molecule has 0 amide bonds. The smallest absolute Gasteiger partial charge is 0.332 e. The summed E-state index contributed by atoms with van der Waals surface area (Å²) in [5.41, 5.74) is 2.16. The Morgan fingerprint density at radius 1 is 1.13 bits per heavy atom. The number of imidazole rings is 2. The Balaban J connectivity index is 2.51. The van der Waals surface area contributed by atoms with E-state index < -0.39 is 0 Å². The molecule has 0 aliphatic heterocycles. The normalized spacial score (nSPS) is 11.9. The maximum Gasteiger partial charge on any atom is 0.332 e. The van der Waals surface area contributed by atoms with Crippen molar-refractivity contribution in [2.24, 2.45) is 7.05 Å². The summed E-state index contributed by atoms with van der Waals surface area (Å²) in [7, 11) is 3.18. The number of methoxy groups -OCH3 is 1. The summed E-state index contributed by atoms with van der Waals surface area (Å²) in [6.07, 6.45) is 0. The zero-order valence-electron chi connectivity index (χ0n) is 14.1. The third kappa shape index (κ3) is 1.98. The molecule has 0 aliphatic rings. The van der Waals surface area contributed by atoms with Crippen LogP contribution < -0.4 is 11.2 Å². The molecule has 0 N–H and O–H groups in total. The number of ether oxygens (including phenoxy) is 1. The second-order valence-electron chi connectivity index (χ2n) is 5.63. The maximum atomic E-state index is 12.9. The van der Waals surface area contributed by atoms with Gasteiger partial charge in [0, 0.05) is 32.1 Å². The van der Waals surface area contributed by atoms with Gasteiger partial charge in [-0.3, -0.25) is 18.3 Å². The van der Waals surface area contributed by atoms with E-state index in [1.54, 1.807) is 14.2 Å². The lowest BCUT2D eigenvalue weighted by Crippen LogP contribution is -2.40. The Hall–Kier alpha value is -2.35. The number of hydrogen-bond acceptors (Lipinski definition) is 4. The van der Waals surface area contributed by atoms with Crippen molar-refractivity contribution in [2.75, 3.05) is 13.7 Å². The molecule has 3 aromatic rings. The summed E-state index contributed by atoms with van der Waals surface area (Å²) in [4.78, 5) is 29.9. The average Bonchev–Trinajstić information content (AvgIpc) is 3.02. The Labute approximate surface area is 132 Å². The van der Waals surface area contributed by atoms with E-state index in [2.05, 4.69) is 4.98 Å². The van der Waals surface area contributed by atoms with Crippen LogP contribution in [0.15, 0.2) is 9.59 Å². The molecule has 0 aromatic carbocycles. The van der Waals surface area contributed by atoms with Gasteiger partial charge in [0.2, 0.25) is 5.78 Å². The summed E-state index contributed by atoms with van der Waals surface area (Å²) in [5.74, 6) is 0.689. The Bertz CT molecular complexity index is 1020. The highest BCUT2D eigenvalue weighted by atomic mass is 16.5. The van der Waals surface area contributed by atoms with Gasteiger partial charge in [0.25, 0.3) is 5.56 Å². The van der Waals surface area contributed by atoms with Gasteiger partial charge >= 0.3 is 5.69 Å². The fraction of sp³-hybridized carbons (Fsp3) is 0.533. The van der Waals surface area contributed by atoms with Crippen molar-refractivity contribution in [3.63, 3.8) is 0 Å². The third-order valence-electron chi connectivity index (χ3n) is 4.47. The van der Waals surface area contributed by atoms with Crippen LogP contribution in [0.5, 0.6) is 0 Å². The van der Waals surface area contributed by atoms with Gasteiger partial charge in [-0.05, 0) is 20.8 Å². The van der Waals surface area contributed by atoms with Crippen LogP contribution in [0.3, 0.4) is 0 Å². The first-order valence-electron chi connectivity index (χ1n) is 7.60. The second-order valence-corrected chi connectivity index (χ2v) is 5.63. The molecule has 0 saturated heterocycles. The molecule has 23 heavy (non-hydrogen) atoms. The van der Waals surface area contributed by atoms with E-state index in [0.29, 0.717) is 23.5 Å². The van der Waals surface area contributed by atoms with E-state index >= 15 is 0 Å². The fourth-order valence-corrected chi connectivity index (χ4v) is 3.07. The third-order valence-corrected chi connectivity index (χ3v) is 4.47. The highest BCUT2D eigenvalue weighted by Crippen LogP contribution is 2.20. The molecule has 0 unspecified atom stereocenters. The van der Waals surface area contributed by atoms with Crippen molar-refractivity contribution in [3.05, 3.63) is 32.2 Å². The predicted molar refractivity (Wildman–Crippen MR) is 87.2 cm³/mol. The van der Waals surface area contributed by atoms with Gasteiger partial charge in [-0.1, -0.05) is 0 Å². The summed E-state index contributed by atoms with van der Waals surface area (Å²) in [6.45, 7) is 7.26. The van der Waals surface area contributed by atoms with E-state index in [1.807, 2.05) is 29.7 Å². The van der Waals surface area contributed by atoms with E-state index in [0.717, 1.165) is 17.9 Å². The lowest BCUT2D eigenvalue weighted by Gasteiger charge is -2.07. The molecule has 0 atom stereocenters. The summed E-state index contributed by atoms with van der Waals surface area (Å²) >= 11 is 0. The molecule has 0 fully saturated rings. The van der Waals surface area contributed by atoms with Crippen molar-refractivity contribution in [1.29, 1.82) is 0 Å². The van der Waals surface area contributed by atoms with Crippen LogP contribution in [0.25, 0.3) is 16.9 Å². The second kappa shape index (κ2) is 5.38. The minimum absolute atomic E-state index is 0.220. The van der Waals surface area contributed by atoms with Gasteiger partial charge in [0.05, 0.1) is 13.2 Å². The van der Waals surface area contributed by atoms with Crippen LogP contribution >= 0.6 is 0 Å². The molecular weight excluding hydrogens is 298 g/mol. The summed E-state index contributed by atoms with van der Waals surface area (Å²) in [6, 6.07) is 0. The molecule has 0 radical (unpaired) electrons. The van der Waals surface area contributed by atoms with Gasteiger partial charge in [-0.2, -0.15) is 4.98 Å². The molecule has 0 spiro atoms. The molecule has 124 valence electrons. The topological polar surface area (TPSA) is 75.5 Å². The number of rotatable bonds is 4. The van der Waals surface area contributed by atoms with Gasteiger partial charge in [-0.25, -0.2) is 4.79 Å². The SMILES string of the molecule is CCn1c(C)c(C)n2c3c(=O)n(CCOC)c(=O)n(C)c3nc12. The Morgan fingerprint density at radius 3 is 2.43 bits per heavy atom. The maximum absolute atomic E-state index is 12.9. The molecule has 0 aliphatic carbocycles. The first-order chi connectivity index (χ1) is 10.9. The van der Waals surface area contributed by atoms with Crippen LogP contribution in [0, 0.1) is 13.8 Å². The first-order valence-corrected chi connectivity index (χ1v) is 7.60. The van der Waals surface area contributed by atoms with Crippen LogP contribution in [0.4, 0.5) is 0 Å². The number of aromatic nitrogens is 5. The van der Waals surface area contributed by atoms with Crippen molar-refractivity contribution in [1.82, 2.24) is 23.1 Å². The molecule has 8 nitrogen and oxygen atoms in total. The van der Waals surface area contributed by atoms with Crippen molar-refractivity contribution in [3.8, 4) is 0 Å². The monoisotopic (exact) mass is 319 g/mol. The lowest BCUT2D eigenvalue weighted by atomic mass is 10.3. The van der Waals surface area contributed by atoms with Gasteiger partial charge in [-0.15, -0.1) is 0 Å². The Morgan fingerprint density at radius 2 is 1.83 bits per heavy atom. The van der Waals surface area contributed by atoms with Crippen LogP contribution in [0.1, 0.15) is 18.3 Å². The molecule has 8 heteroatoms. The molecular formula is C15H21N5O3. The van der Waals surface area contributed by atoms with Crippen molar-refractivity contribution >= 4 is 16.9 Å². The highest BCUT2D eigenvalue weighted by molar-refractivity contribution is 5.76. The fourth-order valence-electron chi connectivity index (χ4n) is 3.07. The zero-order chi connectivity index (χ0) is 16.9. The minimum Gasteiger partial charge on any atom is -0.383 e. The zero-order valence-corrected chi connectivity index (χ0v) is 14.1. The molecule has 3 aromatic heterocycles. The number of nitrogens with zero attached hydrogens (tertiary/aromatic N) is 5. The highest BCUT2D eigenvalue weighted by Gasteiger charge is 2.21. The van der Waals surface area contributed by atoms with E-state index in [1.165, 1.54) is 9.13 Å². The molecule has 0 saturated carbocycles. The number of aryl methyl sites for hydroxylation is 3. The largest absolute Gasteiger partial charge is 0.383 e. The van der Waals surface area contributed by atoms with Crippen LogP contribution in [-0.4, -0.2) is 36.8 Å². The lowest BCUT2D eigenvalue weighted by molar-refractivity contribution is 0.184. The average molecular weight is 319 g/mol. The van der Waals surface area contributed by atoms with Crippen LogP contribution in [0.2, 0.25) is 0 Å². The Kier molecular flexibility index (Phi) is 3.63. The standard InChI is InChI=1S/C15H21N5O3/c1-6-18-9(2)10(3)20-11-12(16-14(18)20)17(4)15(22)19(13(11)21)7-8-23-5/h6-8H2,1-5H3. The first kappa shape index (κ1) is 15.5. The number of fused-ring (bicyclic) bond motifs is 3. The summed E-state index contributed by atoms with van der Waals surface area (Å²) < 4.78 is 11.5. The summed E-state index contributed by atoms with van der Waals surface area (Å²) in [5, 5.41) is 0. The van der Waals surface area contributed by atoms with Gasteiger partial charge < -0.3 is 9.30 Å². The van der Waals surface area contributed by atoms with Gasteiger partial charge in [0.15, 0.2) is 11.2 Å². The van der Waals surface area contributed by atoms with E-state index in [9.17, 15) is 9.59 Å². The van der Waals surface area contributed by atoms with Crippen LogP contribution in [-0.2, 0) is 24.9 Å². The minimum atomic E-state index is -0.377. The number of hydrogen-bond donors (Lipinski definition) is 0. The predicted octanol–water partition coefficient (Wildman–Crippen LogP) is 0.433. The van der Waals surface area contributed by atoms with E-state index in [-0.39, 0.29) is 17.8 Å². The molecule has 3 rings (SSSR count). The molecule has 0 bridgehead atoms. The van der Waals surface area contributed by atoms with E-state index in [4.69, 9.17) is 4.74 Å². The van der Waals surface area contributed by atoms with Crippen molar-refractivity contribution in [2.45, 2.75) is 33.9 Å². The van der Waals surface area contributed by atoms with Crippen molar-refractivity contribution < 1.29 is 4.74 Å².